The quantitative estimate of drug-likeness (QED) is 0.793. The number of fused-ring (bicyclic) bond motifs is 1. The van der Waals surface area contributed by atoms with Crippen molar-refractivity contribution in [3.8, 4) is 0 Å². The van der Waals surface area contributed by atoms with Crippen LogP contribution in [-0.2, 0) is 17.8 Å². The molecule has 0 fully saturated rings. The fourth-order valence-corrected chi connectivity index (χ4v) is 2.69. The van der Waals surface area contributed by atoms with Crippen LogP contribution < -0.4 is 0 Å². The van der Waals surface area contributed by atoms with E-state index in [1.54, 1.807) is 6.33 Å². The van der Waals surface area contributed by atoms with E-state index in [9.17, 15) is 9.90 Å². The molecule has 0 unspecified atom stereocenters. The zero-order valence-corrected chi connectivity index (χ0v) is 13.6. The predicted octanol–water partition coefficient (Wildman–Crippen LogP) is 2.91. The van der Waals surface area contributed by atoms with Gasteiger partial charge >= 0.3 is 5.97 Å². The van der Waals surface area contributed by atoms with Crippen LogP contribution in [0, 0.1) is 0 Å². The highest BCUT2D eigenvalue weighted by atomic mass is 16.4. The van der Waals surface area contributed by atoms with Gasteiger partial charge in [-0.2, -0.15) is 0 Å². The first-order valence-electron chi connectivity index (χ1n) is 7.74. The highest BCUT2D eigenvalue weighted by Crippen LogP contribution is 2.21. The van der Waals surface area contributed by atoms with Crippen molar-refractivity contribution in [2.45, 2.75) is 52.6 Å². The predicted molar refractivity (Wildman–Crippen MR) is 86.5 cm³/mol. The Morgan fingerprint density at radius 1 is 1.45 bits per heavy atom. The second kappa shape index (κ2) is 7.40. The number of carboxylic acids is 1. The van der Waals surface area contributed by atoms with Crippen molar-refractivity contribution in [1.29, 1.82) is 0 Å². The van der Waals surface area contributed by atoms with Crippen LogP contribution in [0.25, 0.3) is 0 Å². The molecule has 5 heteroatoms. The number of carboxylic acid groups (broad SMARTS) is 1. The van der Waals surface area contributed by atoms with Crippen LogP contribution in [-0.4, -0.2) is 38.5 Å². The molecule has 0 bridgehead atoms. The zero-order chi connectivity index (χ0) is 16.1. The van der Waals surface area contributed by atoms with Crippen LogP contribution >= 0.6 is 0 Å². The summed E-state index contributed by atoms with van der Waals surface area (Å²) >= 11 is 0. The highest BCUT2D eigenvalue weighted by Gasteiger charge is 2.32. The Bertz CT molecular complexity index is 582. The van der Waals surface area contributed by atoms with Gasteiger partial charge in [0.25, 0.3) is 0 Å². The number of nitrogens with zero attached hydrogens (tertiary/aromatic N) is 2. The molecule has 1 aromatic rings. The van der Waals surface area contributed by atoms with Crippen molar-refractivity contribution in [3.63, 3.8) is 0 Å². The first-order chi connectivity index (χ1) is 10.5. The fourth-order valence-electron chi connectivity index (χ4n) is 2.69. The average molecular weight is 303 g/mol. The lowest BCUT2D eigenvalue weighted by molar-refractivity contribution is -0.143. The number of imidazole rings is 1. The molecular weight excluding hydrogens is 278 g/mol. The van der Waals surface area contributed by atoms with Crippen LogP contribution in [0.15, 0.2) is 29.6 Å². The van der Waals surface area contributed by atoms with Crippen molar-refractivity contribution in [1.82, 2.24) is 14.9 Å². The van der Waals surface area contributed by atoms with Gasteiger partial charge in [-0.1, -0.05) is 23.3 Å². The molecule has 22 heavy (non-hydrogen) atoms. The molecule has 2 heterocycles. The molecule has 1 aliphatic heterocycles. The Hall–Kier alpha value is -1.88. The third kappa shape index (κ3) is 4.31. The van der Waals surface area contributed by atoms with E-state index in [0.29, 0.717) is 19.5 Å². The molecule has 0 radical (unpaired) electrons. The van der Waals surface area contributed by atoms with Gasteiger partial charge in [0.15, 0.2) is 0 Å². The van der Waals surface area contributed by atoms with Gasteiger partial charge in [0.05, 0.1) is 17.7 Å². The molecule has 2 N–H and O–H groups in total. The first-order valence-corrected chi connectivity index (χ1v) is 7.74. The van der Waals surface area contributed by atoms with E-state index in [4.69, 9.17) is 0 Å². The highest BCUT2D eigenvalue weighted by molar-refractivity contribution is 5.74. The van der Waals surface area contributed by atoms with Crippen molar-refractivity contribution < 1.29 is 9.90 Å². The minimum absolute atomic E-state index is 0.471. The molecule has 0 aromatic carbocycles. The Balaban J connectivity index is 1.98. The van der Waals surface area contributed by atoms with Gasteiger partial charge in [-0.15, -0.1) is 0 Å². The van der Waals surface area contributed by atoms with E-state index in [-0.39, 0.29) is 0 Å². The number of hydrogen-bond acceptors (Lipinski definition) is 3. The monoisotopic (exact) mass is 303 g/mol. The Morgan fingerprint density at radius 3 is 2.91 bits per heavy atom. The molecule has 0 aliphatic carbocycles. The summed E-state index contributed by atoms with van der Waals surface area (Å²) < 4.78 is 0. The van der Waals surface area contributed by atoms with Gasteiger partial charge in [0.2, 0.25) is 0 Å². The summed E-state index contributed by atoms with van der Waals surface area (Å²) in [4.78, 5) is 20.8. The molecule has 0 amide bonds. The Labute approximate surface area is 131 Å². The number of H-pyrrole nitrogens is 1. The number of allylic oxidation sites excluding steroid dienone is 3. The van der Waals surface area contributed by atoms with Crippen LogP contribution in [0.2, 0.25) is 0 Å². The maximum absolute atomic E-state index is 11.5. The van der Waals surface area contributed by atoms with Gasteiger partial charge in [0, 0.05) is 19.5 Å². The maximum Gasteiger partial charge on any atom is 0.321 e. The summed E-state index contributed by atoms with van der Waals surface area (Å²) in [5.74, 6) is -0.774. The summed E-state index contributed by atoms with van der Waals surface area (Å²) in [7, 11) is 0. The average Bonchev–Trinajstić information content (AvgIpc) is 2.90. The van der Waals surface area contributed by atoms with Crippen molar-refractivity contribution in [2.24, 2.45) is 0 Å². The molecule has 2 rings (SSSR count). The Morgan fingerprint density at radius 2 is 2.23 bits per heavy atom. The van der Waals surface area contributed by atoms with E-state index in [2.05, 4.69) is 42.9 Å². The van der Waals surface area contributed by atoms with Crippen molar-refractivity contribution in [3.05, 3.63) is 41.0 Å². The van der Waals surface area contributed by atoms with Gasteiger partial charge in [-0.3, -0.25) is 9.69 Å². The van der Waals surface area contributed by atoms with E-state index in [1.807, 2.05) is 4.90 Å². The number of hydrogen-bond donors (Lipinski definition) is 2. The normalized spacial score (nSPS) is 18.9. The first kappa shape index (κ1) is 16.5. The maximum atomic E-state index is 11.5. The number of nitrogens with one attached hydrogen (secondary N) is 1. The van der Waals surface area contributed by atoms with Crippen LogP contribution in [0.1, 0.15) is 45.0 Å². The molecule has 120 valence electrons. The second-order valence-corrected chi connectivity index (χ2v) is 6.19. The molecular formula is C17H25N3O2. The van der Waals surface area contributed by atoms with E-state index < -0.39 is 12.0 Å². The summed E-state index contributed by atoms with van der Waals surface area (Å²) in [6.07, 6.45) is 8.56. The number of aliphatic carboxylic acids is 1. The van der Waals surface area contributed by atoms with Gasteiger partial charge in [0.1, 0.15) is 6.04 Å². The number of rotatable bonds is 6. The lowest BCUT2D eigenvalue weighted by Gasteiger charge is -2.31. The largest absolute Gasteiger partial charge is 0.480 e. The van der Waals surface area contributed by atoms with Gasteiger partial charge in [-0.05, 0) is 33.6 Å². The lowest BCUT2D eigenvalue weighted by atomic mass is 10.0. The van der Waals surface area contributed by atoms with E-state index in [0.717, 1.165) is 24.2 Å². The molecule has 5 nitrogen and oxygen atoms in total. The number of carbonyl (C=O) groups is 1. The SMILES string of the molecule is CC(C)=CCC/C(C)=C/CN1Cc2[nH]cnc2C[C@@H]1C(=O)O. The molecule has 1 aromatic heterocycles. The third-order valence-corrected chi connectivity index (χ3v) is 4.05. The number of aromatic nitrogens is 2. The Kier molecular flexibility index (Phi) is 5.55. The molecule has 1 aliphatic rings. The van der Waals surface area contributed by atoms with Crippen LogP contribution in [0.3, 0.4) is 0 Å². The number of aromatic amines is 1. The molecule has 0 saturated heterocycles. The van der Waals surface area contributed by atoms with Crippen molar-refractivity contribution in [2.75, 3.05) is 6.54 Å². The fraction of sp³-hybridized carbons (Fsp3) is 0.529. The van der Waals surface area contributed by atoms with Crippen molar-refractivity contribution >= 4 is 5.97 Å². The molecule has 0 saturated carbocycles. The van der Waals surface area contributed by atoms with Gasteiger partial charge < -0.3 is 10.1 Å². The lowest BCUT2D eigenvalue weighted by Crippen LogP contribution is -2.45. The minimum atomic E-state index is -0.774. The summed E-state index contributed by atoms with van der Waals surface area (Å²) in [6, 6.07) is -0.488. The smallest absolute Gasteiger partial charge is 0.321 e. The summed E-state index contributed by atoms with van der Waals surface area (Å²) in [6.45, 7) is 7.60. The molecule has 1 atom stereocenters. The topological polar surface area (TPSA) is 69.2 Å². The second-order valence-electron chi connectivity index (χ2n) is 6.19. The van der Waals surface area contributed by atoms with E-state index >= 15 is 0 Å². The van der Waals surface area contributed by atoms with Crippen LogP contribution in [0.4, 0.5) is 0 Å². The molecule has 0 spiro atoms. The summed E-state index contributed by atoms with van der Waals surface area (Å²) in [5.41, 5.74) is 4.56. The summed E-state index contributed by atoms with van der Waals surface area (Å²) in [5, 5.41) is 9.43. The van der Waals surface area contributed by atoms with Gasteiger partial charge in [-0.25, -0.2) is 4.98 Å². The standard InChI is InChI=1S/C17H25N3O2/c1-12(2)5-4-6-13(3)7-8-20-10-15-14(18-11-19-15)9-16(20)17(21)22/h5,7,11,16H,4,6,8-10H2,1-3H3,(H,18,19)(H,21,22)/b13-7+/t16-/m1/s1. The minimum Gasteiger partial charge on any atom is -0.480 e. The third-order valence-electron chi connectivity index (χ3n) is 4.05. The zero-order valence-electron chi connectivity index (χ0n) is 13.6. The van der Waals surface area contributed by atoms with Crippen LogP contribution in [0.5, 0.6) is 0 Å². The van der Waals surface area contributed by atoms with E-state index in [1.165, 1.54) is 11.1 Å².